The molecule has 2 N–H and O–H groups in total. The summed E-state index contributed by atoms with van der Waals surface area (Å²) in [5, 5.41) is 11.8. The molecule has 1 aromatic heterocycles. The molecule has 1 amide bonds. The van der Waals surface area contributed by atoms with Gasteiger partial charge >= 0.3 is 12.3 Å². The van der Waals surface area contributed by atoms with Gasteiger partial charge in [0.2, 0.25) is 0 Å². The van der Waals surface area contributed by atoms with E-state index >= 15 is 0 Å². The number of halogens is 3. The Morgan fingerprint density at radius 2 is 2.05 bits per heavy atom. The Morgan fingerprint density at radius 3 is 2.58 bits per heavy atom. The zero-order valence-corrected chi connectivity index (χ0v) is 9.68. The summed E-state index contributed by atoms with van der Waals surface area (Å²) < 4.78 is 37.0. The zero-order valence-electron chi connectivity index (χ0n) is 9.68. The second-order valence-corrected chi connectivity index (χ2v) is 4.06. The van der Waals surface area contributed by atoms with Crippen molar-refractivity contribution in [1.29, 1.82) is 0 Å². The number of carboxylic acid groups (broad SMARTS) is 1. The van der Waals surface area contributed by atoms with E-state index in [0.717, 1.165) is 0 Å². The molecule has 9 heteroatoms. The Bertz CT molecular complexity index is 463. The van der Waals surface area contributed by atoms with Gasteiger partial charge in [0.25, 0.3) is 0 Å². The highest BCUT2D eigenvalue weighted by atomic mass is 19.4. The summed E-state index contributed by atoms with van der Waals surface area (Å²) in [6.07, 6.45) is -4.16. The van der Waals surface area contributed by atoms with Crippen LogP contribution in [0.1, 0.15) is 17.4 Å². The highest BCUT2D eigenvalue weighted by Crippen LogP contribution is 2.28. The minimum Gasteiger partial charge on any atom is -0.465 e. The third-order valence-corrected chi connectivity index (χ3v) is 2.76. The van der Waals surface area contributed by atoms with Gasteiger partial charge in [-0.05, 0) is 0 Å². The maximum absolute atomic E-state index is 12.3. The number of piperazine rings is 1. The smallest absolute Gasteiger partial charge is 0.419 e. The number of amides is 1. The average molecular weight is 276 g/mol. The van der Waals surface area contributed by atoms with Crippen LogP contribution >= 0.6 is 0 Å². The van der Waals surface area contributed by atoms with Crippen LogP contribution in [0.4, 0.5) is 18.0 Å². The zero-order chi connectivity index (χ0) is 14.0. The molecule has 1 aromatic rings. The first-order chi connectivity index (χ1) is 8.88. The van der Waals surface area contributed by atoms with Crippen LogP contribution in [-0.4, -0.2) is 45.7 Å². The van der Waals surface area contributed by atoms with E-state index in [0.29, 0.717) is 25.5 Å². The minimum atomic E-state index is -4.48. The molecule has 104 valence electrons. The molecule has 1 aliphatic rings. The Hall–Kier alpha value is -1.90. The second kappa shape index (κ2) is 5.00. The van der Waals surface area contributed by atoms with E-state index < -0.39 is 23.9 Å². The molecule has 0 spiro atoms. The van der Waals surface area contributed by atoms with Gasteiger partial charge in [-0.3, -0.25) is 0 Å². The van der Waals surface area contributed by atoms with E-state index in [1.54, 1.807) is 0 Å². The SMILES string of the molecule is O=C(O)N1CCNC(c2ncc(C(F)(F)F)cn2)C1. The van der Waals surface area contributed by atoms with Crippen molar-refractivity contribution >= 4 is 6.09 Å². The Kier molecular flexibility index (Phi) is 3.56. The molecule has 1 aliphatic heterocycles. The first-order valence-electron chi connectivity index (χ1n) is 5.48. The third-order valence-electron chi connectivity index (χ3n) is 2.76. The summed E-state index contributed by atoms with van der Waals surface area (Å²) >= 11 is 0. The van der Waals surface area contributed by atoms with Crippen LogP contribution < -0.4 is 5.32 Å². The molecule has 1 saturated heterocycles. The normalized spacial score (nSPS) is 20.4. The summed E-state index contributed by atoms with van der Waals surface area (Å²) in [4.78, 5) is 19.3. The number of rotatable bonds is 1. The lowest BCUT2D eigenvalue weighted by Gasteiger charge is -2.30. The number of carbonyl (C=O) groups is 1. The van der Waals surface area contributed by atoms with Crippen molar-refractivity contribution in [3.63, 3.8) is 0 Å². The first kappa shape index (κ1) is 13.5. The molecule has 6 nitrogen and oxygen atoms in total. The van der Waals surface area contributed by atoms with E-state index in [4.69, 9.17) is 5.11 Å². The Labute approximate surface area is 106 Å². The van der Waals surface area contributed by atoms with Crippen LogP contribution in [0.3, 0.4) is 0 Å². The van der Waals surface area contributed by atoms with Crippen LogP contribution in [0.2, 0.25) is 0 Å². The summed E-state index contributed by atoms with van der Waals surface area (Å²) in [6.45, 7) is 0.842. The Balaban J connectivity index is 2.12. The van der Waals surface area contributed by atoms with Crippen molar-refractivity contribution in [1.82, 2.24) is 20.2 Å². The van der Waals surface area contributed by atoms with Crippen molar-refractivity contribution in [3.05, 3.63) is 23.8 Å². The van der Waals surface area contributed by atoms with Crippen LogP contribution in [0, 0.1) is 0 Å². The van der Waals surface area contributed by atoms with Gasteiger partial charge in [0.1, 0.15) is 5.82 Å². The minimum absolute atomic E-state index is 0.112. The van der Waals surface area contributed by atoms with Crippen molar-refractivity contribution in [2.45, 2.75) is 12.2 Å². The number of hydrogen-bond donors (Lipinski definition) is 2. The van der Waals surface area contributed by atoms with Gasteiger partial charge in [-0.1, -0.05) is 0 Å². The van der Waals surface area contributed by atoms with Gasteiger partial charge in [0, 0.05) is 32.0 Å². The lowest BCUT2D eigenvalue weighted by atomic mass is 10.2. The molecule has 2 heterocycles. The molecule has 19 heavy (non-hydrogen) atoms. The predicted molar refractivity (Wildman–Crippen MR) is 57.4 cm³/mol. The number of nitrogens with one attached hydrogen (secondary N) is 1. The second-order valence-electron chi connectivity index (χ2n) is 4.06. The van der Waals surface area contributed by atoms with Gasteiger partial charge in [0.15, 0.2) is 0 Å². The largest absolute Gasteiger partial charge is 0.465 e. The van der Waals surface area contributed by atoms with Crippen LogP contribution in [0.15, 0.2) is 12.4 Å². The molecule has 1 atom stereocenters. The molecular formula is C10H11F3N4O2. The predicted octanol–water partition coefficient (Wildman–Crippen LogP) is 1.12. The van der Waals surface area contributed by atoms with Gasteiger partial charge in [0.05, 0.1) is 11.6 Å². The van der Waals surface area contributed by atoms with Crippen LogP contribution in [0.5, 0.6) is 0 Å². The van der Waals surface area contributed by atoms with Crippen molar-refractivity contribution < 1.29 is 23.1 Å². The lowest BCUT2D eigenvalue weighted by Crippen LogP contribution is -2.48. The van der Waals surface area contributed by atoms with Gasteiger partial charge in [-0.2, -0.15) is 13.2 Å². The number of alkyl halides is 3. The highest BCUT2D eigenvalue weighted by Gasteiger charge is 2.32. The first-order valence-corrected chi connectivity index (χ1v) is 5.48. The topological polar surface area (TPSA) is 78.4 Å². The van der Waals surface area contributed by atoms with E-state index in [9.17, 15) is 18.0 Å². The fraction of sp³-hybridized carbons (Fsp3) is 0.500. The summed E-state index contributed by atoms with van der Waals surface area (Å²) in [5.74, 6) is 0.152. The summed E-state index contributed by atoms with van der Waals surface area (Å²) in [5.41, 5.74) is -0.929. The van der Waals surface area contributed by atoms with E-state index in [1.807, 2.05) is 0 Å². The van der Waals surface area contributed by atoms with E-state index in [2.05, 4.69) is 15.3 Å². The van der Waals surface area contributed by atoms with E-state index in [-0.39, 0.29) is 12.4 Å². The quantitative estimate of drug-likeness (QED) is 0.803. The van der Waals surface area contributed by atoms with Crippen molar-refractivity contribution in [2.24, 2.45) is 0 Å². The third kappa shape index (κ3) is 3.11. The number of hydrogen-bond acceptors (Lipinski definition) is 4. The standard InChI is InChI=1S/C10H11F3N4O2/c11-10(12,13)6-3-15-8(16-4-6)7-5-17(9(18)19)2-1-14-7/h3-4,7,14H,1-2,5H2,(H,18,19). The molecule has 0 saturated carbocycles. The van der Waals surface area contributed by atoms with Gasteiger partial charge < -0.3 is 15.3 Å². The van der Waals surface area contributed by atoms with Crippen LogP contribution in [0.25, 0.3) is 0 Å². The van der Waals surface area contributed by atoms with Gasteiger partial charge in [-0.25, -0.2) is 14.8 Å². The Morgan fingerprint density at radius 1 is 1.42 bits per heavy atom. The van der Waals surface area contributed by atoms with Crippen molar-refractivity contribution in [2.75, 3.05) is 19.6 Å². The fourth-order valence-corrected chi connectivity index (χ4v) is 1.76. The van der Waals surface area contributed by atoms with E-state index in [1.165, 1.54) is 4.90 Å². The molecule has 0 bridgehead atoms. The average Bonchev–Trinajstić information content (AvgIpc) is 2.38. The monoisotopic (exact) mass is 276 g/mol. The molecule has 0 aliphatic carbocycles. The van der Waals surface area contributed by atoms with Crippen LogP contribution in [-0.2, 0) is 6.18 Å². The molecule has 1 fully saturated rings. The lowest BCUT2D eigenvalue weighted by molar-refractivity contribution is -0.138. The molecule has 1 unspecified atom stereocenters. The highest BCUT2D eigenvalue weighted by molar-refractivity contribution is 5.65. The molecular weight excluding hydrogens is 265 g/mol. The van der Waals surface area contributed by atoms with Crippen molar-refractivity contribution in [3.8, 4) is 0 Å². The molecule has 0 aromatic carbocycles. The summed E-state index contributed by atoms with van der Waals surface area (Å²) in [7, 11) is 0. The van der Waals surface area contributed by atoms with Gasteiger partial charge in [-0.15, -0.1) is 0 Å². The molecule has 2 rings (SSSR count). The number of aromatic nitrogens is 2. The molecule has 0 radical (unpaired) electrons. The fourth-order valence-electron chi connectivity index (χ4n) is 1.76. The summed E-state index contributed by atoms with van der Waals surface area (Å²) in [6, 6.07) is -0.493. The maximum Gasteiger partial charge on any atom is 0.419 e. The number of nitrogens with zero attached hydrogens (tertiary/aromatic N) is 3. The maximum atomic E-state index is 12.3.